The van der Waals surface area contributed by atoms with E-state index in [1.165, 1.54) is 16.5 Å². The van der Waals surface area contributed by atoms with Gasteiger partial charge in [-0.05, 0) is 51.3 Å². The van der Waals surface area contributed by atoms with E-state index in [9.17, 15) is 4.79 Å². The zero-order chi connectivity index (χ0) is 17.3. The summed E-state index contributed by atoms with van der Waals surface area (Å²) in [5.74, 6) is -0.160. The molecule has 2 heterocycles. The van der Waals surface area contributed by atoms with Crippen LogP contribution in [-0.4, -0.2) is 27.6 Å². The first-order valence-electron chi connectivity index (χ1n) is 8.33. The number of aryl methyl sites for hydroxylation is 3. The van der Waals surface area contributed by atoms with Gasteiger partial charge in [-0.1, -0.05) is 12.1 Å². The molecule has 0 aliphatic heterocycles. The number of nitrogens with one attached hydrogen (secondary N) is 3. The maximum Gasteiger partial charge on any atom is 0.227 e. The number of carbonyl (C=O) groups is 1. The molecule has 0 spiro atoms. The van der Waals surface area contributed by atoms with Crippen molar-refractivity contribution in [1.82, 2.24) is 20.5 Å². The van der Waals surface area contributed by atoms with Gasteiger partial charge in [0.1, 0.15) is 0 Å². The van der Waals surface area contributed by atoms with Crippen LogP contribution in [0.2, 0.25) is 0 Å². The van der Waals surface area contributed by atoms with Crippen molar-refractivity contribution < 1.29 is 4.79 Å². The monoisotopic (exact) mass is 324 g/mol. The van der Waals surface area contributed by atoms with Gasteiger partial charge >= 0.3 is 0 Å². The lowest BCUT2D eigenvalue weighted by Gasteiger charge is -2.13. The molecule has 1 atom stereocenters. The first-order valence-corrected chi connectivity index (χ1v) is 8.33. The molecule has 0 saturated heterocycles. The van der Waals surface area contributed by atoms with E-state index in [0.717, 1.165) is 28.9 Å². The number of aromatic amines is 2. The molecule has 3 aromatic rings. The molecule has 1 unspecified atom stereocenters. The lowest BCUT2D eigenvalue weighted by atomic mass is 9.98. The first kappa shape index (κ1) is 16.3. The first-order chi connectivity index (χ1) is 11.5. The molecule has 0 aliphatic rings. The van der Waals surface area contributed by atoms with Crippen LogP contribution >= 0.6 is 0 Å². The number of nitrogens with zero attached hydrogens (tertiary/aromatic N) is 1. The van der Waals surface area contributed by atoms with Crippen molar-refractivity contribution in [3.8, 4) is 0 Å². The number of aromatic nitrogens is 3. The van der Waals surface area contributed by atoms with Crippen LogP contribution in [0.15, 0.2) is 24.4 Å². The van der Waals surface area contributed by atoms with Gasteiger partial charge in [-0.3, -0.25) is 9.89 Å². The third kappa shape index (κ3) is 2.94. The van der Waals surface area contributed by atoms with E-state index < -0.39 is 0 Å². The van der Waals surface area contributed by atoms with Crippen molar-refractivity contribution in [2.24, 2.45) is 0 Å². The average Bonchev–Trinajstić information content (AvgIpc) is 3.11. The van der Waals surface area contributed by atoms with Gasteiger partial charge in [-0.2, -0.15) is 5.10 Å². The summed E-state index contributed by atoms with van der Waals surface area (Å²) in [7, 11) is 0. The Morgan fingerprint density at radius 3 is 2.79 bits per heavy atom. The van der Waals surface area contributed by atoms with Crippen molar-refractivity contribution >= 4 is 16.8 Å². The van der Waals surface area contributed by atoms with E-state index in [2.05, 4.69) is 45.6 Å². The van der Waals surface area contributed by atoms with Crippen LogP contribution in [-0.2, 0) is 11.2 Å². The average molecular weight is 324 g/mol. The summed E-state index contributed by atoms with van der Waals surface area (Å²) in [4.78, 5) is 15.7. The molecule has 0 bridgehead atoms. The van der Waals surface area contributed by atoms with Gasteiger partial charge in [0.15, 0.2) is 0 Å². The number of hydrogen-bond donors (Lipinski definition) is 3. The number of H-pyrrole nitrogens is 2. The summed E-state index contributed by atoms with van der Waals surface area (Å²) in [6, 6.07) is 6.25. The van der Waals surface area contributed by atoms with Crippen LogP contribution in [0.4, 0.5) is 0 Å². The predicted molar refractivity (Wildman–Crippen MR) is 96.2 cm³/mol. The lowest BCUT2D eigenvalue weighted by Crippen LogP contribution is -2.30. The lowest BCUT2D eigenvalue weighted by molar-refractivity contribution is -0.122. The van der Waals surface area contributed by atoms with Crippen molar-refractivity contribution in [2.75, 3.05) is 6.54 Å². The van der Waals surface area contributed by atoms with E-state index in [4.69, 9.17) is 0 Å². The Morgan fingerprint density at radius 2 is 2.08 bits per heavy atom. The highest BCUT2D eigenvalue weighted by Crippen LogP contribution is 2.23. The number of rotatable bonds is 5. The van der Waals surface area contributed by atoms with Gasteiger partial charge < -0.3 is 10.3 Å². The fourth-order valence-corrected chi connectivity index (χ4v) is 3.45. The predicted octanol–water partition coefficient (Wildman–Crippen LogP) is 3.28. The third-order valence-electron chi connectivity index (χ3n) is 4.70. The second kappa shape index (κ2) is 6.51. The summed E-state index contributed by atoms with van der Waals surface area (Å²) in [5, 5.41) is 11.4. The summed E-state index contributed by atoms with van der Waals surface area (Å²) in [5.41, 5.74) is 6.49. The molecule has 0 saturated carbocycles. The number of fused-ring (bicyclic) bond motifs is 1. The SMILES string of the molecule is Cc1n[nH]c(C)c1C(C)C(=O)NCCc1c[nH]c2cccc(C)c12. The number of hydrogen-bond acceptors (Lipinski definition) is 2. The van der Waals surface area contributed by atoms with Gasteiger partial charge in [-0.25, -0.2) is 0 Å². The Morgan fingerprint density at radius 1 is 1.29 bits per heavy atom. The Bertz CT molecular complexity index is 855. The standard InChI is InChI=1S/C19H24N4O/c1-11-6-5-7-16-17(11)15(10-21-16)8-9-20-19(24)12(2)18-13(3)22-23-14(18)4/h5-7,10,12,21H,8-9H2,1-4H3,(H,20,24)(H,22,23). The smallest absolute Gasteiger partial charge is 0.227 e. The minimum Gasteiger partial charge on any atom is -0.361 e. The molecule has 3 N–H and O–H groups in total. The highest BCUT2D eigenvalue weighted by Gasteiger charge is 2.21. The molecular weight excluding hydrogens is 300 g/mol. The summed E-state index contributed by atoms with van der Waals surface area (Å²) < 4.78 is 0. The Balaban J connectivity index is 1.64. The normalized spacial score (nSPS) is 12.5. The van der Waals surface area contributed by atoms with Gasteiger partial charge in [-0.15, -0.1) is 0 Å². The molecule has 126 valence electrons. The van der Waals surface area contributed by atoms with Crippen LogP contribution in [0.3, 0.4) is 0 Å². The molecule has 0 fully saturated rings. The maximum atomic E-state index is 12.4. The number of carbonyl (C=O) groups excluding carboxylic acids is 1. The zero-order valence-corrected chi connectivity index (χ0v) is 14.7. The van der Waals surface area contributed by atoms with E-state index >= 15 is 0 Å². The molecule has 0 radical (unpaired) electrons. The molecule has 5 heteroatoms. The fourth-order valence-electron chi connectivity index (χ4n) is 3.45. The van der Waals surface area contributed by atoms with Crippen LogP contribution in [0.5, 0.6) is 0 Å². The van der Waals surface area contributed by atoms with Crippen molar-refractivity contribution in [2.45, 2.75) is 40.0 Å². The van der Waals surface area contributed by atoms with Crippen molar-refractivity contribution in [3.63, 3.8) is 0 Å². The van der Waals surface area contributed by atoms with Crippen LogP contribution < -0.4 is 5.32 Å². The van der Waals surface area contributed by atoms with E-state index in [1.807, 2.05) is 27.0 Å². The summed E-state index contributed by atoms with van der Waals surface area (Å²) in [6.07, 6.45) is 2.85. The Labute approximate surface area is 141 Å². The highest BCUT2D eigenvalue weighted by atomic mass is 16.1. The van der Waals surface area contributed by atoms with E-state index in [1.54, 1.807) is 0 Å². The second-order valence-electron chi connectivity index (χ2n) is 6.42. The fraction of sp³-hybridized carbons (Fsp3) is 0.368. The van der Waals surface area contributed by atoms with Gasteiger partial charge in [0.25, 0.3) is 0 Å². The molecule has 1 aromatic carbocycles. The van der Waals surface area contributed by atoms with Crippen LogP contribution in [0.1, 0.15) is 40.9 Å². The van der Waals surface area contributed by atoms with Crippen molar-refractivity contribution in [1.29, 1.82) is 0 Å². The third-order valence-corrected chi connectivity index (χ3v) is 4.70. The highest BCUT2D eigenvalue weighted by molar-refractivity contribution is 5.87. The molecule has 3 rings (SSSR count). The van der Waals surface area contributed by atoms with E-state index in [-0.39, 0.29) is 11.8 Å². The van der Waals surface area contributed by atoms with E-state index in [0.29, 0.717) is 6.54 Å². The summed E-state index contributed by atoms with van der Waals surface area (Å²) >= 11 is 0. The minimum absolute atomic E-state index is 0.0409. The molecule has 0 aliphatic carbocycles. The Kier molecular flexibility index (Phi) is 4.42. The largest absolute Gasteiger partial charge is 0.361 e. The quantitative estimate of drug-likeness (QED) is 0.674. The topological polar surface area (TPSA) is 73.6 Å². The van der Waals surface area contributed by atoms with Crippen molar-refractivity contribution in [3.05, 3.63) is 52.5 Å². The molecular formula is C19H24N4O. The van der Waals surface area contributed by atoms with Crippen LogP contribution in [0.25, 0.3) is 10.9 Å². The maximum absolute atomic E-state index is 12.4. The summed E-state index contributed by atoms with van der Waals surface area (Å²) in [6.45, 7) is 8.55. The van der Waals surface area contributed by atoms with Gasteiger partial charge in [0, 0.05) is 34.9 Å². The zero-order valence-electron chi connectivity index (χ0n) is 14.7. The number of benzene rings is 1. The molecule has 1 amide bonds. The minimum atomic E-state index is -0.201. The molecule has 24 heavy (non-hydrogen) atoms. The molecule has 5 nitrogen and oxygen atoms in total. The van der Waals surface area contributed by atoms with Gasteiger partial charge in [0.2, 0.25) is 5.91 Å². The van der Waals surface area contributed by atoms with Crippen LogP contribution in [0, 0.1) is 20.8 Å². The Hall–Kier alpha value is -2.56. The second-order valence-corrected chi connectivity index (χ2v) is 6.42. The molecule has 2 aromatic heterocycles. The number of amides is 1. The van der Waals surface area contributed by atoms with Gasteiger partial charge in [0.05, 0.1) is 11.6 Å².